The highest BCUT2D eigenvalue weighted by molar-refractivity contribution is 5.77. The molecule has 1 heterocycles. The van der Waals surface area contributed by atoms with E-state index in [1.165, 1.54) is 19.2 Å². The summed E-state index contributed by atoms with van der Waals surface area (Å²) in [7, 11) is 4.43. The number of ether oxygens (including phenoxy) is 3. The summed E-state index contributed by atoms with van der Waals surface area (Å²) in [6.07, 6.45) is 0.705. The first-order valence-corrected chi connectivity index (χ1v) is 9.60. The van der Waals surface area contributed by atoms with Gasteiger partial charge in [0.05, 0.1) is 33.8 Å². The first-order valence-electron chi connectivity index (χ1n) is 9.60. The fourth-order valence-electron chi connectivity index (χ4n) is 3.64. The van der Waals surface area contributed by atoms with Crippen molar-refractivity contribution in [1.29, 1.82) is 0 Å². The van der Waals surface area contributed by atoms with Gasteiger partial charge in [-0.15, -0.1) is 0 Å². The highest BCUT2D eigenvalue weighted by atomic mass is 19.1. The molecule has 0 aliphatic carbocycles. The van der Waals surface area contributed by atoms with E-state index in [0.29, 0.717) is 24.5 Å². The van der Waals surface area contributed by atoms with E-state index in [1.54, 1.807) is 31.3 Å². The Morgan fingerprint density at radius 1 is 1.10 bits per heavy atom. The fourth-order valence-corrected chi connectivity index (χ4v) is 3.64. The van der Waals surface area contributed by atoms with Crippen molar-refractivity contribution in [1.82, 2.24) is 10.2 Å². The Hall–Kier alpha value is -3.29. The van der Waals surface area contributed by atoms with Gasteiger partial charge < -0.3 is 24.4 Å². The van der Waals surface area contributed by atoms with Gasteiger partial charge in [-0.1, -0.05) is 12.1 Å². The molecular weight excluding hydrogens is 391 g/mol. The van der Waals surface area contributed by atoms with Crippen LogP contribution in [0.4, 0.5) is 9.18 Å². The summed E-state index contributed by atoms with van der Waals surface area (Å²) in [5, 5.41) is 2.77. The van der Waals surface area contributed by atoms with Gasteiger partial charge in [0.2, 0.25) is 0 Å². The zero-order valence-electron chi connectivity index (χ0n) is 17.2. The number of halogens is 1. The molecular formula is C22H25FN2O5. The molecule has 2 amide bonds. The molecule has 0 saturated carbocycles. The summed E-state index contributed by atoms with van der Waals surface area (Å²) in [4.78, 5) is 26.0. The number of fused-ring (bicyclic) bond motifs is 1. The van der Waals surface area contributed by atoms with Gasteiger partial charge in [-0.25, -0.2) is 9.18 Å². The van der Waals surface area contributed by atoms with Crippen molar-refractivity contribution in [2.24, 2.45) is 0 Å². The number of esters is 1. The molecule has 0 bridgehead atoms. The van der Waals surface area contributed by atoms with Gasteiger partial charge in [0.25, 0.3) is 0 Å². The zero-order valence-corrected chi connectivity index (χ0v) is 17.2. The molecule has 0 radical (unpaired) electrons. The molecule has 1 atom stereocenters. The maximum Gasteiger partial charge on any atom is 0.318 e. The summed E-state index contributed by atoms with van der Waals surface area (Å²) >= 11 is 0. The number of hydrogen-bond acceptors (Lipinski definition) is 5. The first-order chi connectivity index (χ1) is 14.5. The molecule has 0 saturated heterocycles. The number of hydrogen-bond donors (Lipinski definition) is 1. The Labute approximate surface area is 174 Å². The average Bonchev–Trinajstić information content (AvgIpc) is 2.77. The molecule has 1 N–H and O–H groups in total. The van der Waals surface area contributed by atoms with Crippen LogP contribution < -0.4 is 14.8 Å². The second-order valence-electron chi connectivity index (χ2n) is 6.86. The third-order valence-corrected chi connectivity index (χ3v) is 5.15. The molecule has 8 heteroatoms. The molecule has 0 unspecified atom stereocenters. The highest BCUT2D eigenvalue weighted by Crippen LogP contribution is 2.41. The SMILES string of the molecule is COC(=O)CCNC(=O)N1CCc2cc(OC)c(OC)cc2[C@H]1c1ccc(F)cc1. The maximum atomic E-state index is 13.5. The number of nitrogens with zero attached hydrogens (tertiary/aromatic N) is 1. The van der Waals surface area contributed by atoms with Crippen LogP contribution in [-0.4, -0.2) is 51.3 Å². The van der Waals surface area contributed by atoms with Gasteiger partial charge in [0, 0.05) is 13.1 Å². The molecule has 3 rings (SSSR count). The lowest BCUT2D eigenvalue weighted by Gasteiger charge is -2.38. The van der Waals surface area contributed by atoms with E-state index in [9.17, 15) is 14.0 Å². The first kappa shape index (κ1) is 21.4. The summed E-state index contributed by atoms with van der Waals surface area (Å²) < 4.78 is 29.0. The van der Waals surface area contributed by atoms with Crippen molar-refractivity contribution in [3.63, 3.8) is 0 Å². The molecule has 1 aliphatic heterocycles. The number of methoxy groups -OCH3 is 3. The number of rotatable bonds is 6. The molecule has 7 nitrogen and oxygen atoms in total. The molecule has 2 aromatic rings. The molecule has 0 aromatic heterocycles. The minimum absolute atomic E-state index is 0.0822. The number of urea groups is 1. The maximum absolute atomic E-state index is 13.5. The van der Waals surface area contributed by atoms with Gasteiger partial charge in [-0.05, 0) is 47.4 Å². The normalized spacial score (nSPS) is 15.2. The molecule has 2 aromatic carbocycles. The zero-order chi connectivity index (χ0) is 21.7. The number of nitrogens with one attached hydrogen (secondary N) is 1. The van der Waals surface area contributed by atoms with Crippen molar-refractivity contribution < 1.29 is 28.2 Å². The third-order valence-electron chi connectivity index (χ3n) is 5.15. The molecule has 30 heavy (non-hydrogen) atoms. The van der Waals surface area contributed by atoms with Crippen LogP contribution in [0.3, 0.4) is 0 Å². The fraction of sp³-hybridized carbons (Fsp3) is 0.364. The number of benzene rings is 2. The van der Waals surface area contributed by atoms with Gasteiger partial charge in [-0.3, -0.25) is 4.79 Å². The molecule has 160 valence electrons. The predicted molar refractivity (Wildman–Crippen MR) is 108 cm³/mol. The topological polar surface area (TPSA) is 77.1 Å². The summed E-state index contributed by atoms with van der Waals surface area (Å²) in [5.74, 6) is 0.420. The largest absolute Gasteiger partial charge is 0.493 e. The van der Waals surface area contributed by atoms with Crippen molar-refractivity contribution in [3.05, 3.63) is 58.9 Å². The van der Waals surface area contributed by atoms with Gasteiger partial charge in [0.15, 0.2) is 11.5 Å². The molecule has 0 spiro atoms. The van der Waals surface area contributed by atoms with E-state index in [2.05, 4.69) is 10.1 Å². The van der Waals surface area contributed by atoms with Crippen LogP contribution in [0.1, 0.15) is 29.2 Å². The highest BCUT2D eigenvalue weighted by Gasteiger charge is 2.33. The minimum Gasteiger partial charge on any atom is -0.493 e. The third kappa shape index (κ3) is 4.48. The van der Waals surface area contributed by atoms with Crippen LogP contribution in [0.2, 0.25) is 0 Å². The van der Waals surface area contributed by atoms with Crippen molar-refractivity contribution in [3.8, 4) is 11.5 Å². The number of carbonyl (C=O) groups is 2. The lowest BCUT2D eigenvalue weighted by molar-refractivity contribution is -0.140. The average molecular weight is 416 g/mol. The van der Waals surface area contributed by atoms with E-state index in [1.807, 2.05) is 12.1 Å². The Kier molecular flexibility index (Phi) is 6.76. The second-order valence-corrected chi connectivity index (χ2v) is 6.86. The summed E-state index contributed by atoms with van der Waals surface area (Å²) in [5.41, 5.74) is 2.68. The van der Waals surface area contributed by atoms with Gasteiger partial charge >= 0.3 is 12.0 Å². The van der Waals surface area contributed by atoms with Crippen LogP contribution in [0.5, 0.6) is 11.5 Å². The number of amides is 2. The van der Waals surface area contributed by atoms with Gasteiger partial charge in [0.1, 0.15) is 5.82 Å². The lowest BCUT2D eigenvalue weighted by Crippen LogP contribution is -2.46. The van der Waals surface area contributed by atoms with Crippen molar-refractivity contribution >= 4 is 12.0 Å². The van der Waals surface area contributed by atoms with E-state index in [0.717, 1.165) is 16.7 Å². The molecule has 1 aliphatic rings. The Morgan fingerprint density at radius 3 is 2.40 bits per heavy atom. The van der Waals surface area contributed by atoms with E-state index >= 15 is 0 Å². The minimum atomic E-state index is -0.438. The standard InChI is InChI=1S/C22H25FN2O5/c1-28-18-12-15-9-11-25(22(27)24-10-8-20(26)30-3)21(17(15)13-19(18)29-2)14-4-6-16(23)7-5-14/h4-7,12-13,21H,8-11H2,1-3H3,(H,24,27)/t21-/m1/s1. The van der Waals surface area contributed by atoms with E-state index in [4.69, 9.17) is 9.47 Å². The van der Waals surface area contributed by atoms with Crippen LogP contribution in [-0.2, 0) is 16.0 Å². The van der Waals surface area contributed by atoms with Crippen LogP contribution >= 0.6 is 0 Å². The smallest absolute Gasteiger partial charge is 0.318 e. The Morgan fingerprint density at radius 2 is 1.77 bits per heavy atom. The summed E-state index contributed by atoms with van der Waals surface area (Å²) in [6, 6.07) is 9.10. The van der Waals surface area contributed by atoms with Crippen molar-refractivity contribution in [2.45, 2.75) is 18.9 Å². The van der Waals surface area contributed by atoms with Crippen LogP contribution in [0.25, 0.3) is 0 Å². The summed E-state index contributed by atoms with van der Waals surface area (Å²) in [6.45, 7) is 0.617. The quantitative estimate of drug-likeness (QED) is 0.733. The number of carbonyl (C=O) groups excluding carboxylic acids is 2. The van der Waals surface area contributed by atoms with Gasteiger partial charge in [-0.2, -0.15) is 0 Å². The van der Waals surface area contributed by atoms with Crippen LogP contribution in [0, 0.1) is 5.82 Å². The predicted octanol–water partition coefficient (Wildman–Crippen LogP) is 3.06. The lowest BCUT2D eigenvalue weighted by atomic mass is 9.88. The Balaban J connectivity index is 1.96. The van der Waals surface area contributed by atoms with Crippen molar-refractivity contribution in [2.75, 3.05) is 34.4 Å². The van der Waals surface area contributed by atoms with Crippen LogP contribution in [0.15, 0.2) is 36.4 Å². The van der Waals surface area contributed by atoms with E-state index in [-0.39, 0.29) is 24.8 Å². The Bertz CT molecular complexity index is 916. The monoisotopic (exact) mass is 416 g/mol. The molecule has 0 fully saturated rings. The van der Waals surface area contributed by atoms with E-state index < -0.39 is 12.0 Å². The second kappa shape index (κ2) is 9.47.